The molecule has 64 heavy (non-hydrogen) atoms. The van der Waals surface area contributed by atoms with Crippen LogP contribution in [-0.4, -0.2) is 101 Å². The minimum atomic E-state index is -0.899. The highest BCUT2D eigenvalue weighted by atomic mass is 16.5. The fraction of sp³-hybridized carbons (Fsp3) is 0.375. The second-order valence-corrected chi connectivity index (χ2v) is 17.1. The van der Waals surface area contributed by atoms with Gasteiger partial charge in [-0.1, -0.05) is 62.4 Å². The van der Waals surface area contributed by atoms with Crippen molar-refractivity contribution in [1.29, 1.82) is 0 Å². The third kappa shape index (κ3) is 7.97. The second-order valence-electron chi connectivity index (χ2n) is 17.1. The molecule has 4 N–H and O–H groups in total. The predicted molar refractivity (Wildman–Crippen MR) is 238 cm³/mol. The minimum Gasteiger partial charge on any atom is -0.488 e. The van der Waals surface area contributed by atoms with Crippen LogP contribution in [0.15, 0.2) is 79.0 Å². The van der Waals surface area contributed by atoms with E-state index in [0.29, 0.717) is 49.9 Å². The predicted octanol–water partition coefficient (Wildman–Crippen LogP) is 7.34. The summed E-state index contributed by atoms with van der Waals surface area (Å²) in [5.74, 6) is 1.62. The summed E-state index contributed by atoms with van der Waals surface area (Å²) in [7, 11) is 4.22. The molecule has 5 heterocycles. The Bertz CT molecular complexity index is 2730. The molecule has 2 saturated heterocycles. The number of methoxy groups -OCH3 is 3. The average molecular weight is 869 g/mol. The summed E-state index contributed by atoms with van der Waals surface area (Å²) in [6.07, 6.45) is 2.66. The standard InChI is InChI=1S/C48H52N8O8/c1-26(2)40(53-47(59)62-4)45(57)56-23-27(24-61-3)18-38(56)44-50-35-16-14-29-20-34-32-15-13-30(19-31(32)25-64-39(34)21-33(29)42(35)52-44)36-22-49-43(51-36)37-12-9-17-55(37)46(58)41(54-48(60)63-5)28-10-7-6-8-11-28/h6-8,10-11,13-16,19-22,26-27,37-38,40-41H,9,12,17-18,23-25H2,1-5H3,(H,49,51)(H,50,52)(H,53,59)(H,54,60)/t27-,37-,38-,40-,41+/m0/s1. The van der Waals surface area contributed by atoms with Crippen LogP contribution in [0.2, 0.25) is 0 Å². The van der Waals surface area contributed by atoms with Gasteiger partial charge in [-0.3, -0.25) is 9.59 Å². The van der Waals surface area contributed by atoms with Gasteiger partial charge in [-0.25, -0.2) is 19.6 Å². The zero-order valence-corrected chi connectivity index (χ0v) is 36.5. The van der Waals surface area contributed by atoms with Crippen LogP contribution in [0.4, 0.5) is 9.59 Å². The number of carbonyl (C=O) groups is 4. The molecule has 0 spiro atoms. The molecule has 0 radical (unpaired) electrons. The molecule has 332 valence electrons. The van der Waals surface area contributed by atoms with Crippen LogP contribution >= 0.6 is 0 Å². The molecule has 16 nitrogen and oxygen atoms in total. The van der Waals surface area contributed by atoms with Crippen LogP contribution in [0.5, 0.6) is 5.75 Å². The zero-order valence-electron chi connectivity index (χ0n) is 36.5. The Balaban J connectivity index is 0.966. The van der Waals surface area contributed by atoms with Crippen LogP contribution in [-0.2, 0) is 30.4 Å². The van der Waals surface area contributed by atoms with E-state index in [-0.39, 0.29) is 35.7 Å². The molecule has 3 aliphatic heterocycles. The largest absolute Gasteiger partial charge is 0.488 e. The van der Waals surface area contributed by atoms with E-state index in [1.54, 1.807) is 18.2 Å². The topological polar surface area (TPSA) is 193 Å². The first-order valence-corrected chi connectivity index (χ1v) is 21.7. The molecule has 5 atom stereocenters. The molecule has 2 aromatic heterocycles. The molecular formula is C48H52N8O8. The number of H-pyrrole nitrogens is 2. The molecular weight excluding hydrogens is 817 g/mol. The van der Waals surface area contributed by atoms with Crippen molar-refractivity contribution in [3.63, 3.8) is 0 Å². The molecule has 9 rings (SSSR count). The smallest absolute Gasteiger partial charge is 0.407 e. The number of rotatable bonds is 11. The molecule has 4 aromatic carbocycles. The van der Waals surface area contributed by atoms with Gasteiger partial charge in [-0.05, 0) is 77.1 Å². The van der Waals surface area contributed by atoms with Gasteiger partial charge in [-0.2, -0.15) is 0 Å². The van der Waals surface area contributed by atoms with Crippen LogP contribution in [0.25, 0.3) is 44.2 Å². The maximum absolute atomic E-state index is 14.1. The number of amides is 4. The highest BCUT2D eigenvalue weighted by molar-refractivity contribution is 6.07. The number of hydrogen-bond acceptors (Lipinski definition) is 10. The highest BCUT2D eigenvalue weighted by Gasteiger charge is 2.42. The second kappa shape index (κ2) is 17.7. The van der Waals surface area contributed by atoms with Crippen molar-refractivity contribution in [2.24, 2.45) is 11.8 Å². The van der Waals surface area contributed by atoms with Gasteiger partial charge in [-0.15, -0.1) is 0 Å². The van der Waals surface area contributed by atoms with E-state index in [1.807, 2.05) is 55.1 Å². The quantitative estimate of drug-likeness (QED) is 0.102. The summed E-state index contributed by atoms with van der Waals surface area (Å²) in [6, 6.07) is 21.4. The summed E-state index contributed by atoms with van der Waals surface area (Å²) in [4.78, 5) is 73.1. The third-order valence-corrected chi connectivity index (χ3v) is 12.7. The summed E-state index contributed by atoms with van der Waals surface area (Å²) >= 11 is 0. The Labute approximate surface area is 370 Å². The number of carbonyl (C=O) groups excluding carboxylic acids is 4. The van der Waals surface area contributed by atoms with Crippen molar-refractivity contribution < 1.29 is 38.1 Å². The molecule has 2 fully saturated rings. The average Bonchev–Trinajstić information content (AvgIpc) is 4.15. The van der Waals surface area contributed by atoms with Crippen LogP contribution in [0.1, 0.15) is 74.0 Å². The van der Waals surface area contributed by atoms with E-state index in [9.17, 15) is 19.2 Å². The maximum atomic E-state index is 14.1. The molecule has 16 heteroatoms. The Kier molecular flexibility index (Phi) is 11.7. The fourth-order valence-corrected chi connectivity index (χ4v) is 9.54. The fourth-order valence-electron chi connectivity index (χ4n) is 9.54. The highest BCUT2D eigenvalue weighted by Crippen LogP contribution is 2.44. The molecule has 3 aliphatic rings. The lowest BCUT2D eigenvalue weighted by Gasteiger charge is -2.30. The number of aromatic nitrogens is 4. The monoisotopic (exact) mass is 868 g/mol. The van der Waals surface area contributed by atoms with E-state index in [0.717, 1.165) is 68.3 Å². The van der Waals surface area contributed by atoms with Crippen molar-refractivity contribution in [3.8, 4) is 28.1 Å². The molecule has 0 bridgehead atoms. The first kappa shape index (κ1) is 42.4. The first-order chi connectivity index (χ1) is 31.0. The first-order valence-electron chi connectivity index (χ1n) is 21.7. The van der Waals surface area contributed by atoms with Crippen molar-refractivity contribution in [1.82, 2.24) is 40.4 Å². The number of benzene rings is 4. The normalized spacial score (nSPS) is 18.9. The Morgan fingerprint density at radius 1 is 0.859 bits per heavy atom. The number of nitrogens with zero attached hydrogens (tertiary/aromatic N) is 4. The zero-order chi connectivity index (χ0) is 44.6. The van der Waals surface area contributed by atoms with Gasteiger partial charge in [0.1, 0.15) is 36.1 Å². The minimum absolute atomic E-state index is 0.0935. The van der Waals surface area contributed by atoms with E-state index in [4.69, 9.17) is 28.9 Å². The van der Waals surface area contributed by atoms with Crippen LogP contribution in [0.3, 0.4) is 0 Å². The van der Waals surface area contributed by atoms with Crippen LogP contribution < -0.4 is 15.4 Å². The van der Waals surface area contributed by atoms with Gasteiger partial charge >= 0.3 is 12.2 Å². The lowest BCUT2D eigenvalue weighted by molar-refractivity contribution is -0.136. The Morgan fingerprint density at radius 2 is 1.66 bits per heavy atom. The number of aromatic amines is 2. The van der Waals surface area contributed by atoms with Crippen molar-refractivity contribution in [2.75, 3.05) is 41.0 Å². The molecule has 0 saturated carbocycles. The Hall–Kier alpha value is -6.94. The number of nitrogens with one attached hydrogen (secondary N) is 4. The lowest BCUT2D eigenvalue weighted by atomic mass is 9.92. The number of imidazole rings is 2. The Morgan fingerprint density at radius 3 is 2.42 bits per heavy atom. The summed E-state index contributed by atoms with van der Waals surface area (Å²) in [6.45, 7) is 5.65. The van der Waals surface area contributed by atoms with E-state index in [1.165, 1.54) is 14.2 Å². The van der Waals surface area contributed by atoms with Crippen molar-refractivity contribution in [3.05, 3.63) is 102 Å². The van der Waals surface area contributed by atoms with Crippen LogP contribution in [0, 0.1) is 11.8 Å². The maximum Gasteiger partial charge on any atom is 0.407 e. The SMILES string of the molecule is COC[C@H]1C[C@@H](c2nc3ccc4cc5c(cc4c3[nH]2)OCc2cc(-c3cnc([C@@H]4CCCN4C(=O)[C@H](NC(=O)OC)c4ccccc4)[nH]3)ccc2-5)N(C(=O)[C@@H](NC(=O)OC)C(C)C)C1. The van der Waals surface area contributed by atoms with Gasteiger partial charge in [0, 0.05) is 37.1 Å². The number of ether oxygens (including phenoxy) is 4. The lowest BCUT2D eigenvalue weighted by Crippen LogP contribution is -2.51. The van der Waals surface area contributed by atoms with Gasteiger partial charge in [0.15, 0.2) is 0 Å². The summed E-state index contributed by atoms with van der Waals surface area (Å²) in [5, 5.41) is 7.41. The summed E-state index contributed by atoms with van der Waals surface area (Å²) < 4.78 is 21.6. The number of fused-ring (bicyclic) bond motifs is 6. The van der Waals surface area contributed by atoms with Crippen molar-refractivity contribution >= 4 is 45.8 Å². The molecule has 0 unspecified atom stereocenters. The molecule has 0 aliphatic carbocycles. The molecule has 6 aromatic rings. The van der Waals surface area contributed by atoms with Crippen molar-refractivity contribution in [2.45, 2.75) is 63.9 Å². The van der Waals surface area contributed by atoms with E-state index >= 15 is 0 Å². The number of alkyl carbamates (subject to hydrolysis) is 2. The van der Waals surface area contributed by atoms with Gasteiger partial charge in [0.05, 0.1) is 55.8 Å². The third-order valence-electron chi connectivity index (χ3n) is 12.7. The van der Waals surface area contributed by atoms with Gasteiger partial charge in [0.2, 0.25) is 5.91 Å². The summed E-state index contributed by atoms with van der Waals surface area (Å²) in [5.41, 5.74) is 7.13. The number of hydrogen-bond donors (Lipinski definition) is 4. The number of likely N-dealkylation sites (tertiary alicyclic amines) is 2. The van der Waals surface area contributed by atoms with Gasteiger partial charge in [0.25, 0.3) is 5.91 Å². The molecule has 4 amide bonds. The van der Waals surface area contributed by atoms with E-state index in [2.05, 4.69) is 57.0 Å². The van der Waals surface area contributed by atoms with E-state index < -0.39 is 24.3 Å². The van der Waals surface area contributed by atoms with Gasteiger partial charge < -0.3 is 49.3 Å².